The molecule has 0 spiro atoms. The maximum absolute atomic E-state index is 7.18. The van der Waals surface area contributed by atoms with Gasteiger partial charge < -0.3 is 6.15 Å². The van der Waals surface area contributed by atoms with Crippen molar-refractivity contribution in [1.82, 2.24) is 6.15 Å². The Balaban J connectivity index is -0.0000000145. The molecule has 0 aliphatic rings. The third-order valence-electron chi connectivity index (χ3n) is 0. The van der Waals surface area contributed by atoms with Crippen LogP contribution in [0.1, 0.15) is 0 Å². The summed E-state index contributed by atoms with van der Waals surface area (Å²) >= 11 is 12.4. The Morgan fingerprint density at radius 1 is 0.571 bits per heavy atom. The molecule has 5 nitrogen and oxygen atoms in total. The average Bonchev–Trinajstić information content (AvgIpc) is 1.92. The second-order valence-electron chi connectivity index (χ2n) is 0.400. The molecule has 0 saturated carbocycles. The maximum atomic E-state index is 7.18. The minimum Gasteiger partial charge on any atom is -0.344 e. The van der Waals surface area contributed by atoms with Crippen molar-refractivity contribution >= 4 is 50.5 Å². The van der Waals surface area contributed by atoms with Gasteiger partial charge in [-0.05, 0) is 0 Å². The van der Waals surface area contributed by atoms with Crippen LogP contribution in [0.25, 0.3) is 0 Å². The van der Waals surface area contributed by atoms with E-state index in [-0.39, 0.29) is 22.9 Å². The van der Waals surface area contributed by atoms with Gasteiger partial charge >= 0.3 is 0 Å². The van der Waals surface area contributed by atoms with Crippen molar-refractivity contribution < 1.29 is 16.8 Å². The molecule has 0 rings (SSSR count). The van der Waals surface area contributed by atoms with Gasteiger partial charge in [0, 0.05) is 16.8 Å². The van der Waals surface area contributed by atoms with Gasteiger partial charge in [-0.1, -0.05) is 50.5 Å². The third-order valence-corrected chi connectivity index (χ3v) is 0. The van der Waals surface area contributed by atoms with Crippen LogP contribution in [0.4, 0.5) is 0 Å². The van der Waals surface area contributed by atoms with Crippen molar-refractivity contribution in [3.63, 3.8) is 0 Å². The summed E-state index contributed by atoms with van der Waals surface area (Å²) in [7, 11) is 0. The van der Waals surface area contributed by atoms with Crippen molar-refractivity contribution in [3.8, 4) is 21.6 Å². The Labute approximate surface area is 115 Å². The molecule has 0 heterocycles. The number of nitriles is 4. The summed E-state index contributed by atoms with van der Waals surface area (Å²) in [5, 5.41) is 34.5. The van der Waals surface area contributed by atoms with Gasteiger partial charge in [-0.15, -0.1) is 0 Å². The number of nitrogens with zero attached hydrogens (tertiary/aromatic N) is 4. The molecule has 0 aliphatic heterocycles. The Morgan fingerprint density at radius 2 is 0.571 bits per heavy atom. The van der Waals surface area contributed by atoms with E-state index in [1.807, 2.05) is 0 Å². The van der Waals surface area contributed by atoms with Gasteiger partial charge in [-0.25, -0.2) is 0 Å². The van der Waals surface area contributed by atoms with Gasteiger partial charge in [-0.2, -0.15) is 21.0 Å². The monoisotopic (exact) mass is 312 g/mol. The van der Waals surface area contributed by atoms with Crippen LogP contribution in [0.5, 0.6) is 0 Å². The average molecular weight is 312 g/mol. The first-order valence-corrected chi connectivity index (χ1v) is 3.58. The summed E-state index contributed by atoms with van der Waals surface area (Å²) in [5.74, 6) is 0. The van der Waals surface area contributed by atoms with Crippen molar-refractivity contribution in [3.05, 3.63) is 0 Å². The van der Waals surface area contributed by atoms with E-state index >= 15 is 0 Å². The molecule has 0 saturated heterocycles. The molecular formula is C4H7CoN5S4. The SMILES string of the molecule is N.N#CS.N#CS.N#CS.N#CS.[Co]. The second kappa shape index (κ2) is 123. The zero-order valence-corrected chi connectivity index (χ0v) is 11.2. The molecule has 0 amide bonds. The quantitative estimate of drug-likeness (QED) is 0.343. The van der Waals surface area contributed by atoms with Crippen LogP contribution in [-0.4, -0.2) is 0 Å². The number of thiol groups is 4. The summed E-state index contributed by atoms with van der Waals surface area (Å²) in [6.07, 6.45) is 0. The van der Waals surface area contributed by atoms with Crippen molar-refractivity contribution in [2.75, 3.05) is 0 Å². The van der Waals surface area contributed by atoms with Crippen LogP contribution in [0.15, 0.2) is 0 Å². The molecule has 0 aromatic carbocycles. The zero-order valence-electron chi connectivity index (χ0n) is 6.62. The van der Waals surface area contributed by atoms with Crippen LogP contribution in [0, 0.1) is 42.7 Å². The van der Waals surface area contributed by atoms with E-state index in [1.165, 1.54) is 21.6 Å². The first-order chi connectivity index (χ1) is 5.66. The first-order valence-electron chi connectivity index (χ1n) is 1.79. The first kappa shape index (κ1) is 37.1. The number of thiocyanates is 4. The van der Waals surface area contributed by atoms with Gasteiger partial charge in [0.1, 0.15) is 21.6 Å². The number of rotatable bonds is 0. The number of hydrogen-bond acceptors (Lipinski definition) is 9. The fourth-order valence-corrected chi connectivity index (χ4v) is 0. The van der Waals surface area contributed by atoms with E-state index in [4.69, 9.17) is 21.0 Å². The molecule has 0 fully saturated rings. The minimum absolute atomic E-state index is 0. The van der Waals surface area contributed by atoms with E-state index in [1.54, 1.807) is 0 Å². The van der Waals surface area contributed by atoms with Crippen LogP contribution in [0.2, 0.25) is 0 Å². The van der Waals surface area contributed by atoms with E-state index < -0.39 is 0 Å². The van der Waals surface area contributed by atoms with Gasteiger partial charge in [-0.3, -0.25) is 0 Å². The zero-order chi connectivity index (χ0) is 10.8. The molecule has 0 unspecified atom stereocenters. The molecule has 0 aromatic rings. The summed E-state index contributed by atoms with van der Waals surface area (Å²) in [6.45, 7) is 0. The Kier molecular flexibility index (Phi) is 325. The summed E-state index contributed by atoms with van der Waals surface area (Å²) < 4.78 is 0. The Hall–Kier alpha value is -0.174. The molecule has 0 aliphatic carbocycles. The second-order valence-corrected chi connectivity index (χ2v) is 1.20. The van der Waals surface area contributed by atoms with Crippen LogP contribution in [0.3, 0.4) is 0 Å². The van der Waals surface area contributed by atoms with Crippen molar-refractivity contribution in [2.24, 2.45) is 0 Å². The topological polar surface area (TPSA) is 130 Å². The van der Waals surface area contributed by atoms with Crippen LogP contribution in [-0.2, 0) is 16.8 Å². The van der Waals surface area contributed by atoms with Crippen LogP contribution >= 0.6 is 50.5 Å². The molecule has 1 radical (unpaired) electrons. The van der Waals surface area contributed by atoms with Crippen molar-refractivity contribution in [1.29, 1.82) is 21.0 Å². The summed E-state index contributed by atoms with van der Waals surface area (Å²) in [5.41, 5.74) is 0. The predicted molar refractivity (Wildman–Crippen MR) is 63.4 cm³/mol. The molecular weight excluding hydrogens is 305 g/mol. The molecule has 81 valence electrons. The maximum Gasteiger partial charge on any atom is 0.130 e. The van der Waals surface area contributed by atoms with Gasteiger partial charge in [0.25, 0.3) is 0 Å². The van der Waals surface area contributed by atoms with E-state index in [0.717, 1.165) is 0 Å². The molecule has 14 heavy (non-hydrogen) atoms. The van der Waals surface area contributed by atoms with Gasteiger partial charge in [0.05, 0.1) is 0 Å². The summed E-state index contributed by atoms with van der Waals surface area (Å²) in [4.78, 5) is 0. The fourth-order valence-electron chi connectivity index (χ4n) is 0. The predicted octanol–water partition coefficient (Wildman–Crippen LogP) is 1.75. The molecule has 10 heteroatoms. The minimum atomic E-state index is 0. The van der Waals surface area contributed by atoms with E-state index in [0.29, 0.717) is 0 Å². The largest absolute Gasteiger partial charge is 0.344 e. The smallest absolute Gasteiger partial charge is 0.130 e. The summed E-state index contributed by atoms with van der Waals surface area (Å²) in [6, 6.07) is 0. The molecule has 0 atom stereocenters. The Morgan fingerprint density at radius 3 is 0.571 bits per heavy atom. The normalized spacial score (nSPS) is 2.29. The third kappa shape index (κ3) is 46000. The van der Waals surface area contributed by atoms with Gasteiger partial charge in [0.2, 0.25) is 0 Å². The number of hydrogen-bond donors (Lipinski definition) is 5. The fraction of sp³-hybridized carbons (Fsp3) is 0. The molecule has 3 N–H and O–H groups in total. The van der Waals surface area contributed by atoms with Crippen molar-refractivity contribution in [2.45, 2.75) is 0 Å². The van der Waals surface area contributed by atoms with E-state index in [9.17, 15) is 0 Å². The van der Waals surface area contributed by atoms with Crippen LogP contribution < -0.4 is 6.15 Å². The Bertz CT molecular complexity index is 160. The van der Waals surface area contributed by atoms with Gasteiger partial charge in [0.15, 0.2) is 0 Å². The molecule has 0 aromatic heterocycles. The standard InChI is InChI=1S/4CHNS.Co.H3N/c4*2-1-3;;/h4*3H;;1H3. The molecule has 0 bridgehead atoms. The van der Waals surface area contributed by atoms with E-state index in [2.05, 4.69) is 50.5 Å².